The summed E-state index contributed by atoms with van der Waals surface area (Å²) in [7, 11) is 0. The van der Waals surface area contributed by atoms with E-state index in [1.54, 1.807) is 6.07 Å². The van der Waals surface area contributed by atoms with Gasteiger partial charge in [0.2, 0.25) is 5.95 Å². The Hall–Kier alpha value is -2.94. The Bertz CT molecular complexity index is 934. The van der Waals surface area contributed by atoms with Crippen LogP contribution < -0.4 is 22.5 Å². The number of aromatic nitrogens is 4. The van der Waals surface area contributed by atoms with E-state index in [4.69, 9.17) is 17.2 Å². The van der Waals surface area contributed by atoms with Crippen molar-refractivity contribution in [3.63, 3.8) is 0 Å². The quantitative estimate of drug-likeness (QED) is 0.491. The average molecular weight is 358 g/mol. The number of aryl methyl sites for hydroxylation is 1. The molecule has 138 valence electrons. The van der Waals surface area contributed by atoms with Gasteiger partial charge in [-0.25, -0.2) is 9.37 Å². The Morgan fingerprint density at radius 1 is 1.23 bits per heavy atom. The summed E-state index contributed by atoms with van der Waals surface area (Å²) in [6.45, 7) is 5.02. The Kier molecular flexibility index (Phi) is 4.90. The number of anilines is 3. The lowest BCUT2D eigenvalue weighted by Crippen LogP contribution is -2.26. The second-order valence-electron chi connectivity index (χ2n) is 6.26. The van der Waals surface area contributed by atoms with Crippen LogP contribution in [0.5, 0.6) is 0 Å². The molecule has 0 spiro atoms. The van der Waals surface area contributed by atoms with E-state index in [1.165, 1.54) is 12.1 Å². The van der Waals surface area contributed by atoms with E-state index in [1.807, 2.05) is 18.4 Å². The van der Waals surface area contributed by atoms with E-state index in [2.05, 4.69) is 20.3 Å². The maximum atomic E-state index is 13.6. The number of rotatable bonds is 6. The van der Waals surface area contributed by atoms with Crippen LogP contribution >= 0.6 is 0 Å². The van der Waals surface area contributed by atoms with Crippen molar-refractivity contribution in [1.82, 2.24) is 19.5 Å². The molecular formula is C17H23FN8. The van der Waals surface area contributed by atoms with Gasteiger partial charge in [0.25, 0.3) is 0 Å². The van der Waals surface area contributed by atoms with Gasteiger partial charge in [-0.2, -0.15) is 9.97 Å². The van der Waals surface area contributed by atoms with Crippen LogP contribution in [0, 0.1) is 5.82 Å². The predicted molar refractivity (Wildman–Crippen MR) is 101 cm³/mol. The second-order valence-corrected chi connectivity index (χ2v) is 6.26. The Balaban J connectivity index is 2.03. The number of nitrogens with zero attached hydrogens (tertiary/aromatic N) is 4. The summed E-state index contributed by atoms with van der Waals surface area (Å²) in [6.07, 6.45) is 0.371. The van der Waals surface area contributed by atoms with E-state index >= 15 is 0 Å². The van der Waals surface area contributed by atoms with Crippen molar-refractivity contribution in [2.45, 2.75) is 32.9 Å². The van der Waals surface area contributed by atoms with Crippen molar-refractivity contribution in [3.05, 3.63) is 35.4 Å². The minimum absolute atomic E-state index is 0.0434. The zero-order valence-electron chi connectivity index (χ0n) is 14.8. The Morgan fingerprint density at radius 2 is 2.00 bits per heavy atom. The van der Waals surface area contributed by atoms with Gasteiger partial charge in [0.05, 0.1) is 0 Å². The molecule has 0 bridgehead atoms. The molecule has 3 aromatic rings. The molecule has 9 heteroatoms. The number of hydrogen-bond acceptors (Lipinski definition) is 7. The standard InChI is InChI=1S/C17H23FN8/c1-3-26-13(7-10-6-11(18)4-5-12(10)20)23-14-15(21)24-17(25-16(14)26)22-8-9(2)19/h4-6,9H,3,7-8,19-20H2,1-2H3,(H3,21,22,24,25). The minimum atomic E-state index is -0.338. The number of hydrogen-bond donors (Lipinski definition) is 4. The molecule has 1 atom stereocenters. The smallest absolute Gasteiger partial charge is 0.226 e. The summed E-state index contributed by atoms with van der Waals surface area (Å²) in [6, 6.07) is 4.26. The number of imidazole rings is 1. The van der Waals surface area contributed by atoms with Crippen molar-refractivity contribution in [2.75, 3.05) is 23.3 Å². The summed E-state index contributed by atoms with van der Waals surface area (Å²) < 4.78 is 15.5. The fraction of sp³-hybridized carbons (Fsp3) is 0.353. The highest BCUT2D eigenvalue weighted by Crippen LogP contribution is 2.24. The number of fused-ring (bicyclic) bond motifs is 1. The molecule has 3 rings (SSSR count). The highest BCUT2D eigenvalue weighted by molar-refractivity contribution is 5.83. The average Bonchev–Trinajstić information content (AvgIpc) is 2.94. The molecule has 0 aliphatic heterocycles. The molecule has 0 saturated carbocycles. The van der Waals surface area contributed by atoms with Gasteiger partial charge in [-0.3, -0.25) is 0 Å². The van der Waals surface area contributed by atoms with Crippen LogP contribution in [0.25, 0.3) is 11.2 Å². The lowest BCUT2D eigenvalue weighted by Gasteiger charge is -2.10. The van der Waals surface area contributed by atoms with Crippen LogP contribution in [-0.4, -0.2) is 32.1 Å². The van der Waals surface area contributed by atoms with Crippen LogP contribution in [0.1, 0.15) is 25.2 Å². The first-order chi connectivity index (χ1) is 12.4. The molecule has 0 saturated heterocycles. The summed E-state index contributed by atoms with van der Waals surface area (Å²) in [5.41, 5.74) is 20.1. The van der Waals surface area contributed by atoms with E-state index in [0.29, 0.717) is 53.7 Å². The first-order valence-corrected chi connectivity index (χ1v) is 8.45. The fourth-order valence-corrected chi connectivity index (χ4v) is 2.76. The molecule has 26 heavy (non-hydrogen) atoms. The van der Waals surface area contributed by atoms with Crippen molar-refractivity contribution >= 4 is 28.6 Å². The van der Waals surface area contributed by atoms with Gasteiger partial charge in [-0.05, 0) is 37.6 Å². The van der Waals surface area contributed by atoms with Gasteiger partial charge in [-0.1, -0.05) is 0 Å². The predicted octanol–water partition coefficient (Wildman–Crippen LogP) is 1.50. The highest BCUT2D eigenvalue weighted by atomic mass is 19.1. The molecule has 0 amide bonds. The summed E-state index contributed by atoms with van der Waals surface area (Å²) in [5.74, 6) is 1.04. The number of benzene rings is 1. The number of halogens is 1. The van der Waals surface area contributed by atoms with Gasteiger partial charge in [-0.15, -0.1) is 0 Å². The van der Waals surface area contributed by atoms with Gasteiger partial charge in [0, 0.05) is 31.2 Å². The molecular weight excluding hydrogens is 335 g/mol. The van der Waals surface area contributed by atoms with Crippen LogP contribution in [-0.2, 0) is 13.0 Å². The van der Waals surface area contributed by atoms with Crippen molar-refractivity contribution < 1.29 is 4.39 Å². The van der Waals surface area contributed by atoms with Gasteiger partial charge in [0.1, 0.15) is 11.6 Å². The molecule has 0 aliphatic carbocycles. The third kappa shape index (κ3) is 3.52. The van der Waals surface area contributed by atoms with Gasteiger partial charge >= 0.3 is 0 Å². The van der Waals surface area contributed by atoms with Crippen molar-refractivity contribution in [3.8, 4) is 0 Å². The second kappa shape index (κ2) is 7.12. The molecule has 2 heterocycles. The van der Waals surface area contributed by atoms with Crippen LogP contribution in [0.3, 0.4) is 0 Å². The number of nitrogen functional groups attached to an aromatic ring is 2. The summed E-state index contributed by atoms with van der Waals surface area (Å²) in [5, 5.41) is 3.07. The molecule has 0 radical (unpaired) electrons. The van der Waals surface area contributed by atoms with Gasteiger partial charge < -0.3 is 27.1 Å². The highest BCUT2D eigenvalue weighted by Gasteiger charge is 2.17. The molecule has 8 nitrogen and oxygen atoms in total. The van der Waals surface area contributed by atoms with Crippen LogP contribution in [0.2, 0.25) is 0 Å². The Labute approximate surface area is 150 Å². The number of nitrogens with one attached hydrogen (secondary N) is 1. The first kappa shape index (κ1) is 17.9. The zero-order chi connectivity index (χ0) is 18.8. The summed E-state index contributed by atoms with van der Waals surface area (Å²) >= 11 is 0. The fourth-order valence-electron chi connectivity index (χ4n) is 2.76. The van der Waals surface area contributed by atoms with E-state index in [0.717, 1.165) is 0 Å². The SMILES string of the molecule is CCn1c(Cc2cc(F)ccc2N)nc2c(N)nc(NCC(C)N)nc21. The van der Waals surface area contributed by atoms with Gasteiger partial charge in [0.15, 0.2) is 17.0 Å². The third-order valence-corrected chi connectivity index (χ3v) is 4.05. The molecule has 0 fully saturated rings. The van der Waals surface area contributed by atoms with E-state index in [9.17, 15) is 4.39 Å². The van der Waals surface area contributed by atoms with Crippen LogP contribution in [0.4, 0.5) is 21.8 Å². The van der Waals surface area contributed by atoms with Crippen molar-refractivity contribution in [2.24, 2.45) is 5.73 Å². The van der Waals surface area contributed by atoms with Crippen LogP contribution in [0.15, 0.2) is 18.2 Å². The maximum Gasteiger partial charge on any atom is 0.226 e. The normalized spacial score (nSPS) is 12.5. The first-order valence-electron chi connectivity index (χ1n) is 8.45. The Morgan fingerprint density at radius 3 is 2.69 bits per heavy atom. The zero-order valence-corrected chi connectivity index (χ0v) is 14.8. The third-order valence-electron chi connectivity index (χ3n) is 4.05. The van der Waals surface area contributed by atoms with E-state index in [-0.39, 0.29) is 17.7 Å². The lowest BCUT2D eigenvalue weighted by atomic mass is 10.1. The van der Waals surface area contributed by atoms with Crippen molar-refractivity contribution in [1.29, 1.82) is 0 Å². The molecule has 1 aromatic carbocycles. The molecule has 1 unspecified atom stereocenters. The molecule has 0 aliphatic rings. The van der Waals surface area contributed by atoms with E-state index < -0.39 is 0 Å². The topological polar surface area (TPSA) is 134 Å². The lowest BCUT2D eigenvalue weighted by molar-refractivity contribution is 0.625. The number of nitrogens with two attached hydrogens (primary N) is 3. The minimum Gasteiger partial charge on any atom is -0.398 e. The summed E-state index contributed by atoms with van der Waals surface area (Å²) in [4.78, 5) is 13.3. The molecule has 7 N–H and O–H groups in total. The molecule has 2 aromatic heterocycles. The monoisotopic (exact) mass is 358 g/mol. The maximum absolute atomic E-state index is 13.6. The largest absolute Gasteiger partial charge is 0.398 e.